The van der Waals surface area contributed by atoms with E-state index in [1.807, 2.05) is 0 Å². The Hall–Kier alpha value is -2.42. The highest BCUT2D eigenvalue weighted by Crippen LogP contribution is 2.34. The molecule has 2 aromatic rings. The van der Waals surface area contributed by atoms with Crippen LogP contribution in [0.2, 0.25) is 5.02 Å². The molecule has 0 N–H and O–H groups in total. The molecule has 1 aliphatic heterocycles. The first-order valence-electron chi connectivity index (χ1n) is 7.73. The summed E-state index contributed by atoms with van der Waals surface area (Å²) in [6.45, 7) is 0.00830. The van der Waals surface area contributed by atoms with Crippen LogP contribution >= 0.6 is 35.6 Å². The lowest BCUT2D eigenvalue weighted by molar-refractivity contribution is -0.385. The molecule has 0 aliphatic carbocycles. The highest BCUT2D eigenvalue weighted by Gasteiger charge is 2.29. The minimum atomic E-state index is -0.450. The van der Waals surface area contributed by atoms with Gasteiger partial charge in [-0.05, 0) is 30.3 Å². The number of thiocarbonyl (C=S) groups is 1. The number of ether oxygens (including phenoxy) is 1. The van der Waals surface area contributed by atoms with Crippen molar-refractivity contribution in [2.24, 2.45) is 0 Å². The number of halogens is 1. The van der Waals surface area contributed by atoms with Crippen molar-refractivity contribution in [2.45, 2.75) is 6.61 Å². The Kier molecular flexibility index (Phi) is 5.79. The molecule has 3 rings (SSSR count). The molecule has 0 saturated carbocycles. The van der Waals surface area contributed by atoms with Gasteiger partial charge in [0.05, 0.1) is 15.4 Å². The van der Waals surface area contributed by atoms with Gasteiger partial charge in [0.15, 0.2) is 0 Å². The summed E-state index contributed by atoms with van der Waals surface area (Å²) >= 11 is 12.4. The lowest BCUT2D eigenvalue weighted by atomic mass is 10.1. The van der Waals surface area contributed by atoms with Gasteiger partial charge in [-0.1, -0.05) is 47.7 Å². The van der Waals surface area contributed by atoms with Crippen LogP contribution in [0, 0.1) is 10.1 Å². The average molecular weight is 421 g/mol. The van der Waals surface area contributed by atoms with Gasteiger partial charge in [-0.15, -0.1) is 0 Å². The van der Waals surface area contributed by atoms with Crippen molar-refractivity contribution in [3.8, 4) is 5.75 Å². The maximum Gasteiger partial charge on any atom is 0.276 e. The van der Waals surface area contributed by atoms with Crippen LogP contribution < -0.4 is 4.74 Å². The number of nitro benzene ring substituents is 1. The Morgan fingerprint density at radius 1 is 1.33 bits per heavy atom. The quantitative estimate of drug-likeness (QED) is 0.303. The number of thioether (sulfide) groups is 1. The van der Waals surface area contributed by atoms with Crippen LogP contribution in [0.3, 0.4) is 0 Å². The Balaban J connectivity index is 1.89. The molecule has 1 fully saturated rings. The lowest BCUT2D eigenvalue weighted by Crippen LogP contribution is -2.22. The second-order valence-electron chi connectivity index (χ2n) is 5.60. The van der Waals surface area contributed by atoms with Gasteiger partial charge in [0.2, 0.25) is 0 Å². The fraction of sp³-hybridized carbons (Fsp3) is 0.111. The fourth-order valence-corrected chi connectivity index (χ4v) is 3.77. The molecule has 1 heterocycles. The smallest absolute Gasteiger partial charge is 0.276 e. The van der Waals surface area contributed by atoms with Crippen molar-refractivity contribution in [1.82, 2.24) is 4.90 Å². The third-order valence-corrected chi connectivity index (χ3v) is 5.54. The Morgan fingerprint density at radius 2 is 2.07 bits per heavy atom. The third kappa shape index (κ3) is 4.29. The number of amides is 1. The van der Waals surface area contributed by atoms with Crippen molar-refractivity contribution < 1.29 is 14.5 Å². The van der Waals surface area contributed by atoms with E-state index in [1.54, 1.807) is 49.5 Å². The molecule has 6 nitrogen and oxygen atoms in total. The van der Waals surface area contributed by atoms with Crippen LogP contribution in [-0.4, -0.2) is 27.1 Å². The van der Waals surface area contributed by atoms with Crippen LogP contribution in [0.15, 0.2) is 47.4 Å². The molecule has 0 unspecified atom stereocenters. The van der Waals surface area contributed by atoms with Crippen molar-refractivity contribution >= 4 is 57.6 Å². The maximum atomic E-state index is 12.2. The molecule has 0 bridgehead atoms. The first kappa shape index (κ1) is 19.3. The van der Waals surface area contributed by atoms with Crippen molar-refractivity contribution in [3.63, 3.8) is 0 Å². The van der Waals surface area contributed by atoms with Crippen molar-refractivity contribution in [2.75, 3.05) is 7.05 Å². The minimum absolute atomic E-state index is 0.00830. The number of carbonyl (C=O) groups is 1. The number of nitrogens with zero attached hydrogens (tertiary/aromatic N) is 2. The number of hydrogen-bond donors (Lipinski definition) is 0. The zero-order valence-corrected chi connectivity index (χ0v) is 16.4. The Labute approximate surface area is 169 Å². The summed E-state index contributed by atoms with van der Waals surface area (Å²) in [4.78, 5) is 24.8. The van der Waals surface area contributed by atoms with E-state index < -0.39 is 4.92 Å². The number of rotatable bonds is 5. The zero-order valence-electron chi connectivity index (χ0n) is 14.0. The number of benzene rings is 2. The van der Waals surface area contributed by atoms with Crippen LogP contribution in [-0.2, 0) is 11.4 Å². The molecule has 1 amide bonds. The number of nitro groups is 1. The van der Waals surface area contributed by atoms with Gasteiger partial charge < -0.3 is 4.74 Å². The van der Waals surface area contributed by atoms with Crippen LogP contribution in [0.25, 0.3) is 6.08 Å². The predicted molar refractivity (Wildman–Crippen MR) is 110 cm³/mol. The van der Waals surface area contributed by atoms with E-state index in [1.165, 1.54) is 22.7 Å². The maximum absolute atomic E-state index is 12.2. The fourth-order valence-electron chi connectivity index (χ4n) is 2.42. The van der Waals surface area contributed by atoms with E-state index in [2.05, 4.69) is 0 Å². The number of likely N-dealkylation sites (N-methyl/N-ethyl adjacent to an activating group) is 1. The van der Waals surface area contributed by atoms with E-state index >= 15 is 0 Å². The number of para-hydroxylation sites is 1. The molecule has 0 spiro atoms. The topological polar surface area (TPSA) is 72.7 Å². The molecule has 27 heavy (non-hydrogen) atoms. The predicted octanol–water partition coefficient (Wildman–Crippen LogP) is 4.66. The largest absolute Gasteiger partial charge is 0.488 e. The highest BCUT2D eigenvalue weighted by molar-refractivity contribution is 8.26. The lowest BCUT2D eigenvalue weighted by Gasteiger charge is -2.10. The summed E-state index contributed by atoms with van der Waals surface area (Å²) in [5.74, 6) is 0.258. The molecule has 1 aliphatic rings. The summed E-state index contributed by atoms with van der Waals surface area (Å²) in [5, 5.41) is 11.6. The Bertz CT molecular complexity index is 978. The molecule has 1 saturated heterocycles. The van der Waals surface area contributed by atoms with E-state index in [0.717, 1.165) is 0 Å². The SMILES string of the molecule is CN1C(=O)/C(=C\c2cc(Cl)ccc2OCc2ccccc2[N+](=O)[O-])SC1=S. The highest BCUT2D eigenvalue weighted by atomic mass is 35.5. The average Bonchev–Trinajstić information content (AvgIpc) is 2.88. The van der Waals surface area contributed by atoms with Gasteiger partial charge in [0, 0.05) is 23.7 Å². The molecule has 0 aromatic heterocycles. The molecular formula is C18H13ClN2O4S2. The third-order valence-electron chi connectivity index (χ3n) is 3.82. The second kappa shape index (κ2) is 8.08. The normalized spacial score (nSPS) is 15.5. The van der Waals surface area contributed by atoms with Gasteiger partial charge in [0.25, 0.3) is 11.6 Å². The first-order chi connectivity index (χ1) is 12.9. The van der Waals surface area contributed by atoms with Gasteiger partial charge in [-0.3, -0.25) is 19.8 Å². The minimum Gasteiger partial charge on any atom is -0.488 e. The summed E-state index contributed by atoms with van der Waals surface area (Å²) in [5.41, 5.74) is 1.03. The molecular weight excluding hydrogens is 408 g/mol. The summed E-state index contributed by atoms with van der Waals surface area (Å²) in [6.07, 6.45) is 1.66. The van der Waals surface area contributed by atoms with Gasteiger partial charge in [-0.25, -0.2) is 0 Å². The van der Waals surface area contributed by atoms with Gasteiger partial charge in [-0.2, -0.15) is 0 Å². The van der Waals surface area contributed by atoms with E-state index in [4.69, 9.17) is 28.6 Å². The number of carbonyl (C=O) groups excluding carboxylic acids is 1. The summed E-state index contributed by atoms with van der Waals surface area (Å²) in [6, 6.07) is 11.3. The Morgan fingerprint density at radius 3 is 2.74 bits per heavy atom. The summed E-state index contributed by atoms with van der Waals surface area (Å²) in [7, 11) is 1.61. The molecule has 138 valence electrons. The van der Waals surface area contributed by atoms with E-state index in [-0.39, 0.29) is 18.2 Å². The van der Waals surface area contributed by atoms with E-state index in [0.29, 0.717) is 31.1 Å². The van der Waals surface area contributed by atoms with Crippen molar-refractivity contribution in [3.05, 3.63) is 73.6 Å². The second-order valence-corrected chi connectivity index (χ2v) is 7.71. The van der Waals surface area contributed by atoms with Gasteiger partial charge >= 0.3 is 0 Å². The van der Waals surface area contributed by atoms with Crippen LogP contribution in [0.1, 0.15) is 11.1 Å². The molecule has 0 radical (unpaired) electrons. The molecule has 2 aromatic carbocycles. The zero-order chi connectivity index (χ0) is 19.6. The van der Waals surface area contributed by atoms with E-state index in [9.17, 15) is 14.9 Å². The van der Waals surface area contributed by atoms with Gasteiger partial charge in [0.1, 0.15) is 16.7 Å². The monoisotopic (exact) mass is 420 g/mol. The standard InChI is InChI=1S/C18H13ClN2O4S2/c1-20-17(22)16(27-18(20)26)9-12-8-13(19)6-7-15(12)25-10-11-4-2-3-5-14(11)21(23)24/h2-9H,10H2,1H3/b16-9+. The first-order valence-corrected chi connectivity index (χ1v) is 9.33. The van der Waals surface area contributed by atoms with Crippen LogP contribution in [0.5, 0.6) is 5.75 Å². The summed E-state index contributed by atoms with van der Waals surface area (Å²) < 4.78 is 6.26. The van der Waals surface area contributed by atoms with Crippen LogP contribution in [0.4, 0.5) is 5.69 Å². The number of hydrogen-bond acceptors (Lipinski definition) is 6. The molecule has 9 heteroatoms. The molecule has 0 atom stereocenters. The van der Waals surface area contributed by atoms with Crippen molar-refractivity contribution in [1.29, 1.82) is 0 Å².